The fraction of sp³-hybridized carbons (Fsp3) is 1.00. The Hall–Kier alpha value is -0.220. The van der Waals surface area contributed by atoms with E-state index in [1.807, 2.05) is 0 Å². The highest BCUT2D eigenvalue weighted by molar-refractivity contribution is 4.94. The number of piperidine rings is 1. The Kier molecular flexibility index (Phi) is 4.26. The van der Waals surface area contributed by atoms with Crippen molar-refractivity contribution in [1.82, 2.24) is 10.2 Å². The molecule has 0 aliphatic carbocycles. The van der Waals surface area contributed by atoms with Gasteiger partial charge in [0, 0.05) is 13.1 Å². The number of halogens is 2. The zero-order chi connectivity index (χ0) is 10.6. The van der Waals surface area contributed by atoms with Crippen molar-refractivity contribution in [3.63, 3.8) is 0 Å². The molecule has 0 bridgehead atoms. The van der Waals surface area contributed by atoms with Crippen molar-refractivity contribution in [1.29, 1.82) is 0 Å². The van der Waals surface area contributed by atoms with E-state index in [0.29, 0.717) is 12.8 Å². The lowest BCUT2D eigenvalue weighted by Gasteiger charge is -2.41. The van der Waals surface area contributed by atoms with Crippen LogP contribution in [0, 0.1) is 0 Å². The predicted octanol–water partition coefficient (Wildman–Crippen LogP) is 1.72. The molecule has 0 unspecified atom stereocenters. The largest absolute Gasteiger partial charge is 0.309 e. The molecule has 1 N–H and O–H groups in total. The molecule has 1 rings (SSSR count). The predicted molar refractivity (Wildman–Crippen MR) is 53.8 cm³/mol. The Balaban J connectivity index is 2.46. The van der Waals surface area contributed by atoms with E-state index < -0.39 is 12.0 Å². The summed E-state index contributed by atoms with van der Waals surface area (Å²) in [6, 6.07) is 0. The van der Waals surface area contributed by atoms with Crippen molar-refractivity contribution in [2.24, 2.45) is 0 Å². The Morgan fingerprint density at radius 1 is 1.36 bits per heavy atom. The van der Waals surface area contributed by atoms with Crippen molar-refractivity contribution < 1.29 is 8.78 Å². The van der Waals surface area contributed by atoms with Gasteiger partial charge in [0.05, 0.1) is 5.54 Å². The van der Waals surface area contributed by atoms with E-state index in [1.165, 1.54) is 0 Å². The molecule has 1 fully saturated rings. The van der Waals surface area contributed by atoms with Crippen LogP contribution in [0.5, 0.6) is 0 Å². The van der Waals surface area contributed by atoms with Gasteiger partial charge >= 0.3 is 0 Å². The van der Waals surface area contributed by atoms with Gasteiger partial charge in [-0.2, -0.15) is 0 Å². The van der Waals surface area contributed by atoms with Crippen LogP contribution in [0.3, 0.4) is 0 Å². The van der Waals surface area contributed by atoms with E-state index in [0.717, 1.165) is 26.1 Å². The third-order valence-corrected chi connectivity index (χ3v) is 3.20. The summed E-state index contributed by atoms with van der Waals surface area (Å²) in [6.07, 6.45) is -0.0416. The second-order valence-electron chi connectivity index (χ2n) is 4.05. The van der Waals surface area contributed by atoms with Crippen molar-refractivity contribution >= 4 is 0 Å². The number of rotatable bonds is 4. The van der Waals surface area contributed by atoms with Gasteiger partial charge in [-0.05, 0) is 32.9 Å². The molecule has 1 aliphatic rings. The molecule has 0 atom stereocenters. The maximum Gasteiger partial charge on any atom is 0.256 e. The molecule has 0 spiro atoms. The summed E-state index contributed by atoms with van der Waals surface area (Å²) in [7, 11) is 1.64. The normalized spacial score (nSPS) is 22.9. The minimum atomic E-state index is -2.25. The molecule has 0 aromatic heterocycles. The van der Waals surface area contributed by atoms with Gasteiger partial charge in [-0.25, -0.2) is 8.78 Å². The molecule has 0 radical (unpaired) electrons. The SMILES string of the molecule is CCCN1CCC(NC)(C(F)F)CC1. The standard InChI is InChI=1S/C10H20F2N2/c1-3-6-14-7-4-10(13-2,5-8-14)9(11)12/h9,13H,3-8H2,1-2H3. The molecule has 1 saturated heterocycles. The van der Waals surface area contributed by atoms with Crippen LogP contribution in [0.4, 0.5) is 8.78 Å². The number of nitrogens with zero attached hydrogens (tertiary/aromatic N) is 1. The van der Waals surface area contributed by atoms with Gasteiger partial charge in [0.15, 0.2) is 0 Å². The van der Waals surface area contributed by atoms with E-state index >= 15 is 0 Å². The highest BCUT2D eigenvalue weighted by Gasteiger charge is 2.40. The van der Waals surface area contributed by atoms with E-state index in [9.17, 15) is 8.78 Å². The molecule has 1 aliphatic heterocycles. The van der Waals surface area contributed by atoms with Crippen LogP contribution in [0.25, 0.3) is 0 Å². The van der Waals surface area contributed by atoms with Crippen molar-refractivity contribution in [3.8, 4) is 0 Å². The first-order chi connectivity index (χ1) is 6.64. The molecule has 4 heteroatoms. The second-order valence-corrected chi connectivity index (χ2v) is 4.05. The fourth-order valence-electron chi connectivity index (χ4n) is 2.07. The van der Waals surface area contributed by atoms with Gasteiger partial charge in [-0.1, -0.05) is 6.92 Å². The van der Waals surface area contributed by atoms with Crippen molar-refractivity contribution in [3.05, 3.63) is 0 Å². The summed E-state index contributed by atoms with van der Waals surface area (Å²) in [5.74, 6) is 0. The first kappa shape index (κ1) is 11.9. The Morgan fingerprint density at radius 3 is 2.29 bits per heavy atom. The molecule has 0 saturated carbocycles. The highest BCUT2D eigenvalue weighted by atomic mass is 19.3. The Bertz CT molecular complexity index is 166. The lowest BCUT2D eigenvalue weighted by molar-refractivity contribution is -0.00666. The second kappa shape index (κ2) is 5.03. The molecule has 1 heterocycles. The van der Waals surface area contributed by atoms with Gasteiger partial charge in [0.25, 0.3) is 6.43 Å². The quantitative estimate of drug-likeness (QED) is 0.753. The molecule has 14 heavy (non-hydrogen) atoms. The Labute approximate surface area is 84.7 Å². The summed E-state index contributed by atoms with van der Waals surface area (Å²) in [5, 5.41) is 2.80. The van der Waals surface area contributed by atoms with Crippen LogP contribution in [-0.4, -0.2) is 43.5 Å². The molecule has 2 nitrogen and oxygen atoms in total. The molecular weight excluding hydrogens is 186 g/mol. The third-order valence-electron chi connectivity index (χ3n) is 3.20. The average molecular weight is 206 g/mol. The number of alkyl halides is 2. The zero-order valence-electron chi connectivity index (χ0n) is 9.02. The Morgan fingerprint density at radius 2 is 1.93 bits per heavy atom. The summed E-state index contributed by atoms with van der Waals surface area (Å²) in [4.78, 5) is 2.26. The van der Waals surface area contributed by atoms with Crippen LogP contribution < -0.4 is 5.32 Å². The first-order valence-electron chi connectivity index (χ1n) is 5.34. The number of hydrogen-bond donors (Lipinski definition) is 1. The summed E-state index contributed by atoms with van der Waals surface area (Å²) in [6.45, 7) is 4.73. The lowest BCUT2D eigenvalue weighted by atomic mass is 9.88. The van der Waals surface area contributed by atoms with Crippen molar-refractivity contribution in [2.45, 2.75) is 38.2 Å². The zero-order valence-corrected chi connectivity index (χ0v) is 9.02. The van der Waals surface area contributed by atoms with Crippen LogP contribution in [-0.2, 0) is 0 Å². The summed E-state index contributed by atoms with van der Waals surface area (Å²) >= 11 is 0. The fourth-order valence-corrected chi connectivity index (χ4v) is 2.07. The third kappa shape index (κ3) is 2.42. The molecule has 0 aromatic rings. The summed E-state index contributed by atoms with van der Waals surface area (Å²) < 4.78 is 25.6. The van der Waals surface area contributed by atoms with Gasteiger partial charge in [0.2, 0.25) is 0 Å². The van der Waals surface area contributed by atoms with Crippen molar-refractivity contribution in [2.75, 3.05) is 26.7 Å². The number of likely N-dealkylation sites (tertiary alicyclic amines) is 1. The van der Waals surface area contributed by atoms with Gasteiger partial charge in [0.1, 0.15) is 0 Å². The van der Waals surface area contributed by atoms with E-state index in [4.69, 9.17) is 0 Å². The molecule has 0 aromatic carbocycles. The van der Waals surface area contributed by atoms with Gasteiger partial charge in [-0.3, -0.25) is 0 Å². The lowest BCUT2D eigenvalue weighted by Crippen LogP contribution is -2.56. The maximum atomic E-state index is 12.8. The first-order valence-corrected chi connectivity index (χ1v) is 5.34. The smallest absolute Gasteiger partial charge is 0.256 e. The topological polar surface area (TPSA) is 15.3 Å². The molecule has 84 valence electrons. The molecule has 0 amide bonds. The van der Waals surface area contributed by atoms with Crippen LogP contribution in [0.2, 0.25) is 0 Å². The highest BCUT2D eigenvalue weighted by Crippen LogP contribution is 2.28. The van der Waals surface area contributed by atoms with Crippen LogP contribution in [0.1, 0.15) is 26.2 Å². The van der Waals surface area contributed by atoms with Crippen LogP contribution in [0.15, 0.2) is 0 Å². The average Bonchev–Trinajstić information content (AvgIpc) is 2.19. The van der Waals surface area contributed by atoms with Crippen LogP contribution >= 0.6 is 0 Å². The van der Waals surface area contributed by atoms with E-state index in [1.54, 1.807) is 7.05 Å². The summed E-state index contributed by atoms with van der Waals surface area (Å²) in [5.41, 5.74) is -0.926. The molecular formula is C10H20F2N2. The van der Waals surface area contributed by atoms with E-state index in [2.05, 4.69) is 17.1 Å². The van der Waals surface area contributed by atoms with E-state index in [-0.39, 0.29) is 0 Å². The maximum absolute atomic E-state index is 12.8. The monoisotopic (exact) mass is 206 g/mol. The minimum Gasteiger partial charge on any atom is -0.309 e. The van der Waals surface area contributed by atoms with Gasteiger partial charge in [-0.15, -0.1) is 0 Å². The minimum absolute atomic E-state index is 0.557. The van der Waals surface area contributed by atoms with Gasteiger partial charge < -0.3 is 10.2 Å². The number of nitrogens with one attached hydrogen (secondary N) is 1. The number of hydrogen-bond acceptors (Lipinski definition) is 2.